The first-order chi connectivity index (χ1) is 12.2. The Hall–Kier alpha value is -2.29. The Labute approximate surface area is 158 Å². The SMILES string of the molecule is CS(=O)(=O)c1ccc2nc(NC(=O)/C=C/c3c(F)cccc3Cl)sc2c1. The van der Waals surface area contributed by atoms with Crippen LogP contribution in [0.1, 0.15) is 5.56 Å². The molecule has 0 aliphatic heterocycles. The third kappa shape index (κ3) is 4.09. The van der Waals surface area contributed by atoms with Crippen molar-refractivity contribution in [2.75, 3.05) is 11.6 Å². The molecule has 5 nitrogen and oxygen atoms in total. The summed E-state index contributed by atoms with van der Waals surface area (Å²) in [6.45, 7) is 0. The van der Waals surface area contributed by atoms with Crippen molar-refractivity contribution in [2.24, 2.45) is 0 Å². The van der Waals surface area contributed by atoms with Crippen LogP contribution in [0.4, 0.5) is 9.52 Å². The van der Waals surface area contributed by atoms with E-state index in [2.05, 4.69) is 10.3 Å². The van der Waals surface area contributed by atoms with Gasteiger partial charge in [0.05, 0.1) is 20.1 Å². The predicted octanol–water partition coefficient (Wildman–Crippen LogP) is 4.14. The Balaban J connectivity index is 1.80. The molecule has 1 heterocycles. The smallest absolute Gasteiger partial charge is 0.250 e. The van der Waals surface area contributed by atoms with E-state index in [-0.39, 0.29) is 15.5 Å². The molecule has 0 fully saturated rings. The van der Waals surface area contributed by atoms with Gasteiger partial charge in [0.15, 0.2) is 15.0 Å². The molecule has 1 aromatic heterocycles. The van der Waals surface area contributed by atoms with E-state index in [1.54, 1.807) is 6.07 Å². The highest BCUT2D eigenvalue weighted by Crippen LogP contribution is 2.28. The summed E-state index contributed by atoms with van der Waals surface area (Å²) in [5.74, 6) is -1.04. The molecule has 1 N–H and O–H groups in total. The lowest BCUT2D eigenvalue weighted by Gasteiger charge is -1.99. The molecule has 9 heteroatoms. The largest absolute Gasteiger partial charge is 0.298 e. The van der Waals surface area contributed by atoms with Crippen molar-refractivity contribution >= 4 is 60.1 Å². The van der Waals surface area contributed by atoms with Crippen LogP contribution in [0.25, 0.3) is 16.3 Å². The van der Waals surface area contributed by atoms with Gasteiger partial charge in [-0.2, -0.15) is 0 Å². The lowest BCUT2D eigenvalue weighted by molar-refractivity contribution is -0.111. The van der Waals surface area contributed by atoms with Gasteiger partial charge in [0.25, 0.3) is 0 Å². The Morgan fingerprint density at radius 1 is 1.31 bits per heavy atom. The number of anilines is 1. The molecule has 0 radical (unpaired) electrons. The van der Waals surface area contributed by atoms with Crippen LogP contribution >= 0.6 is 22.9 Å². The molecule has 134 valence electrons. The number of aromatic nitrogens is 1. The monoisotopic (exact) mass is 410 g/mol. The molecule has 3 rings (SSSR count). The second-order valence-corrected chi connectivity index (χ2v) is 8.83. The van der Waals surface area contributed by atoms with Crippen molar-refractivity contribution in [2.45, 2.75) is 4.90 Å². The maximum absolute atomic E-state index is 13.7. The summed E-state index contributed by atoms with van der Waals surface area (Å²) in [4.78, 5) is 16.4. The summed E-state index contributed by atoms with van der Waals surface area (Å²) in [5, 5.41) is 3.07. The van der Waals surface area contributed by atoms with Gasteiger partial charge in [-0.25, -0.2) is 17.8 Å². The number of sulfone groups is 1. The highest BCUT2D eigenvalue weighted by atomic mass is 35.5. The van der Waals surface area contributed by atoms with Crippen molar-refractivity contribution in [3.05, 3.63) is 58.9 Å². The minimum absolute atomic E-state index is 0.117. The van der Waals surface area contributed by atoms with Crippen molar-refractivity contribution in [1.29, 1.82) is 0 Å². The number of hydrogen-bond acceptors (Lipinski definition) is 5. The molecule has 0 aliphatic rings. The number of carbonyl (C=O) groups excluding carboxylic acids is 1. The minimum atomic E-state index is -3.32. The lowest BCUT2D eigenvalue weighted by Crippen LogP contribution is -2.07. The van der Waals surface area contributed by atoms with Crippen molar-refractivity contribution < 1.29 is 17.6 Å². The van der Waals surface area contributed by atoms with Gasteiger partial charge in [0.2, 0.25) is 5.91 Å². The fourth-order valence-electron chi connectivity index (χ4n) is 2.17. The average molecular weight is 411 g/mol. The summed E-state index contributed by atoms with van der Waals surface area (Å²) in [5.41, 5.74) is 0.685. The summed E-state index contributed by atoms with van der Waals surface area (Å²) in [6.07, 6.45) is 3.55. The van der Waals surface area contributed by atoms with Crippen LogP contribution in [0.15, 0.2) is 47.4 Å². The molecule has 3 aromatic rings. The van der Waals surface area contributed by atoms with E-state index in [9.17, 15) is 17.6 Å². The van der Waals surface area contributed by atoms with Crippen LogP contribution in [0.5, 0.6) is 0 Å². The zero-order chi connectivity index (χ0) is 18.9. The summed E-state index contributed by atoms with van der Waals surface area (Å²) in [7, 11) is -3.32. The fourth-order valence-corrected chi connectivity index (χ4v) is 4.02. The summed E-state index contributed by atoms with van der Waals surface area (Å²) >= 11 is 7.04. The van der Waals surface area contributed by atoms with E-state index in [0.29, 0.717) is 15.3 Å². The van der Waals surface area contributed by atoms with Gasteiger partial charge < -0.3 is 0 Å². The first-order valence-corrected chi connectivity index (χ1v) is 10.4. The second-order valence-electron chi connectivity index (χ2n) is 5.38. The van der Waals surface area contributed by atoms with Gasteiger partial charge in [-0.05, 0) is 36.4 Å². The number of nitrogens with one attached hydrogen (secondary N) is 1. The van der Waals surface area contributed by atoms with Gasteiger partial charge >= 0.3 is 0 Å². The van der Waals surface area contributed by atoms with E-state index in [1.165, 1.54) is 36.4 Å². The Morgan fingerprint density at radius 2 is 2.08 bits per heavy atom. The number of thiazole rings is 1. The number of benzene rings is 2. The molecule has 0 unspecified atom stereocenters. The molecule has 26 heavy (non-hydrogen) atoms. The van der Waals surface area contributed by atoms with Crippen molar-refractivity contribution in [1.82, 2.24) is 4.98 Å². The third-order valence-corrected chi connectivity index (χ3v) is 5.79. The predicted molar refractivity (Wildman–Crippen MR) is 102 cm³/mol. The number of halogens is 2. The van der Waals surface area contributed by atoms with E-state index in [4.69, 9.17) is 11.6 Å². The highest BCUT2D eigenvalue weighted by molar-refractivity contribution is 7.90. The Bertz CT molecular complexity index is 1120. The molecule has 0 atom stereocenters. The molecule has 0 saturated heterocycles. The molecule has 0 saturated carbocycles. The fraction of sp³-hybridized carbons (Fsp3) is 0.0588. The number of fused-ring (bicyclic) bond motifs is 1. The standard InChI is InChI=1S/C17H12ClFN2O3S2/c1-26(23,24)10-5-7-14-15(9-10)25-17(20-14)21-16(22)8-6-11-12(18)3-2-4-13(11)19/h2-9H,1H3,(H,20,21,22)/b8-6+. The number of carbonyl (C=O) groups is 1. The van der Waals surface area contributed by atoms with Gasteiger partial charge in [0, 0.05) is 17.9 Å². The maximum atomic E-state index is 13.7. The van der Waals surface area contributed by atoms with Crippen LogP contribution < -0.4 is 5.32 Å². The molecule has 0 spiro atoms. The van der Waals surface area contributed by atoms with Crippen LogP contribution in [-0.2, 0) is 14.6 Å². The number of rotatable bonds is 4. The zero-order valence-electron chi connectivity index (χ0n) is 13.4. The van der Waals surface area contributed by atoms with Crippen LogP contribution in [-0.4, -0.2) is 25.6 Å². The normalized spacial score (nSPS) is 12.0. The van der Waals surface area contributed by atoms with Gasteiger partial charge in [0.1, 0.15) is 5.82 Å². The number of amides is 1. The third-order valence-electron chi connectivity index (χ3n) is 3.42. The number of hydrogen-bond donors (Lipinski definition) is 1. The average Bonchev–Trinajstić information content (AvgIpc) is 2.94. The Kier molecular flexibility index (Phi) is 5.08. The first kappa shape index (κ1) is 18.5. The maximum Gasteiger partial charge on any atom is 0.250 e. The van der Waals surface area contributed by atoms with Crippen molar-refractivity contribution in [3.63, 3.8) is 0 Å². The second kappa shape index (κ2) is 7.14. The van der Waals surface area contributed by atoms with Gasteiger partial charge in [-0.15, -0.1) is 0 Å². The summed E-state index contributed by atoms with van der Waals surface area (Å²) < 4.78 is 37.5. The van der Waals surface area contributed by atoms with Crippen LogP contribution in [0.2, 0.25) is 5.02 Å². The topological polar surface area (TPSA) is 76.1 Å². The number of nitrogens with zero attached hydrogens (tertiary/aromatic N) is 1. The molecule has 0 bridgehead atoms. The van der Waals surface area contributed by atoms with Gasteiger partial charge in [-0.3, -0.25) is 10.1 Å². The summed E-state index contributed by atoms with van der Waals surface area (Å²) in [6, 6.07) is 8.79. The Morgan fingerprint density at radius 3 is 2.77 bits per heavy atom. The quantitative estimate of drug-likeness (QED) is 0.656. The molecular weight excluding hydrogens is 399 g/mol. The lowest BCUT2D eigenvalue weighted by atomic mass is 10.2. The van der Waals surface area contributed by atoms with Crippen molar-refractivity contribution in [3.8, 4) is 0 Å². The molecular formula is C17H12ClFN2O3S2. The van der Waals surface area contributed by atoms with E-state index in [1.807, 2.05) is 0 Å². The zero-order valence-corrected chi connectivity index (χ0v) is 15.8. The van der Waals surface area contributed by atoms with Crippen LogP contribution in [0.3, 0.4) is 0 Å². The van der Waals surface area contributed by atoms with E-state index < -0.39 is 21.6 Å². The highest BCUT2D eigenvalue weighted by Gasteiger charge is 2.12. The van der Waals surface area contributed by atoms with E-state index >= 15 is 0 Å². The molecule has 0 aliphatic carbocycles. The molecule has 2 aromatic carbocycles. The first-order valence-electron chi connectivity index (χ1n) is 7.28. The van der Waals surface area contributed by atoms with Crippen LogP contribution in [0, 0.1) is 5.82 Å². The minimum Gasteiger partial charge on any atom is -0.298 e. The molecule has 1 amide bonds. The van der Waals surface area contributed by atoms with Gasteiger partial charge in [-0.1, -0.05) is 29.0 Å². The van der Waals surface area contributed by atoms with E-state index in [0.717, 1.165) is 23.7 Å².